The molecular weight excluding hydrogens is 424 g/mol. The normalized spacial score (nSPS) is 15.8. The Labute approximate surface area is 191 Å². The van der Waals surface area contributed by atoms with Gasteiger partial charge in [0.15, 0.2) is 6.61 Å². The molecule has 1 aliphatic rings. The maximum absolute atomic E-state index is 12.9. The van der Waals surface area contributed by atoms with E-state index >= 15 is 0 Å². The third kappa shape index (κ3) is 5.56. The van der Waals surface area contributed by atoms with Gasteiger partial charge in [0.05, 0.1) is 6.61 Å². The first-order valence-electron chi connectivity index (χ1n) is 11.0. The van der Waals surface area contributed by atoms with Gasteiger partial charge in [0, 0.05) is 24.2 Å². The van der Waals surface area contributed by atoms with E-state index in [4.69, 9.17) is 14.4 Å². The van der Waals surface area contributed by atoms with Crippen LogP contribution in [0.1, 0.15) is 41.6 Å². The third-order valence-electron chi connectivity index (χ3n) is 5.46. The van der Waals surface area contributed by atoms with Crippen LogP contribution in [0.3, 0.4) is 0 Å². The van der Waals surface area contributed by atoms with E-state index in [1.807, 2.05) is 30.3 Å². The molecular formula is C24H26N4O5. The van der Waals surface area contributed by atoms with Crippen LogP contribution in [-0.4, -0.2) is 58.3 Å². The number of aromatic nitrogens is 2. The summed E-state index contributed by atoms with van der Waals surface area (Å²) in [5.74, 6) is 1.04. The van der Waals surface area contributed by atoms with Gasteiger partial charge < -0.3 is 24.6 Å². The van der Waals surface area contributed by atoms with Gasteiger partial charge in [0.2, 0.25) is 11.7 Å². The van der Waals surface area contributed by atoms with Gasteiger partial charge in [0.1, 0.15) is 11.8 Å². The van der Waals surface area contributed by atoms with E-state index in [0.29, 0.717) is 35.1 Å². The number of aliphatic hydroxyl groups is 1. The molecule has 2 amide bonds. The number of benzene rings is 2. The predicted molar refractivity (Wildman–Crippen MR) is 119 cm³/mol. The van der Waals surface area contributed by atoms with Crippen molar-refractivity contribution in [3.63, 3.8) is 0 Å². The standard InChI is InChI=1S/C24H26N4O5/c29-15-13-25-23(31)18-11-9-17(10-12-18)22-26-24(33-27-22)20-8-4-5-14-28(20)21(30)16-32-19-6-2-1-3-7-19/h1-3,6-7,9-12,20,29H,4-5,8,13-16H2,(H,25,31)/t20-/m1/s1. The molecule has 2 N–H and O–H groups in total. The van der Waals surface area contributed by atoms with Gasteiger partial charge in [-0.1, -0.05) is 35.5 Å². The van der Waals surface area contributed by atoms with Crippen LogP contribution in [0.25, 0.3) is 11.4 Å². The largest absolute Gasteiger partial charge is 0.484 e. The first-order chi connectivity index (χ1) is 16.2. The summed E-state index contributed by atoms with van der Waals surface area (Å²) in [5, 5.41) is 15.5. The van der Waals surface area contributed by atoms with Crippen molar-refractivity contribution in [2.45, 2.75) is 25.3 Å². The molecule has 0 spiro atoms. The molecule has 1 aromatic heterocycles. The quantitative estimate of drug-likeness (QED) is 0.542. The molecule has 1 saturated heterocycles. The third-order valence-corrected chi connectivity index (χ3v) is 5.46. The molecule has 0 bridgehead atoms. The number of aliphatic hydroxyl groups excluding tert-OH is 1. The lowest BCUT2D eigenvalue weighted by Crippen LogP contribution is -2.41. The summed E-state index contributed by atoms with van der Waals surface area (Å²) in [7, 11) is 0. The van der Waals surface area contributed by atoms with E-state index in [9.17, 15) is 9.59 Å². The Morgan fingerprint density at radius 3 is 2.67 bits per heavy atom. The SMILES string of the molecule is O=C(NCCO)c1ccc(-c2noc([C@H]3CCCCN3C(=O)COc3ccccc3)n2)cc1. The zero-order chi connectivity index (χ0) is 23.0. The van der Waals surface area contributed by atoms with E-state index in [2.05, 4.69) is 15.5 Å². The Balaban J connectivity index is 1.43. The molecule has 9 heteroatoms. The van der Waals surface area contributed by atoms with Crippen LogP contribution in [0.15, 0.2) is 59.1 Å². The topological polar surface area (TPSA) is 118 Å². The van der Waals surface area contributed by atoms with Gasteiger partial charge >= 0.3 is 0 Å². The van der Waals surface area contributed by atoms with Gasteiger partial charge in [-0.25, -0.2) is 0 Å². The van der Waals surface area contributed by atoms with E-state index in [0.717, 1.165) is 19.3 Å². The summed E-state index contributed by atoms with van der Waals surface area (Å²) in [6.07, 6.45) is 2.61. The van der Waals surface area contributed by atoms with Crippen LogP contribution in [-0.2, 0) is 4.79 Å². The number of carbonyl (C=O) groups excluding carboxylic acids is 2. The number of hydrogen-bond acceptors (Lipinski definition) is 7. The van der Waals surface area contributed by atoms with Crippen LogP contribution >= 0.6 is 0 Å². The number of piperidine rings is 1. The molecule has 172 valence electrons. The molecule has 0 unspecified atom stereocenters. The van der Waals surface area contributed by atoms with Crippen molar-refractivity contribution in [1.29, 1.82) is 0 Å². The molecule has 0 radical (unpaired) electrons. The Hall–Kier alpha value is -3.72. The highest BCUT2D eigenvalue weighted by Gasteiger charge is 2.32. The fraction of sp³-hybridized carbons (Fsp3) is 0.333. The molecule has 1 atom stereocenters. The van der Waals surface area contributed by atoms with Gasteiger partial charge in [-0.2, -0.15) is 4.98 Å². The number of carbonyl (C=O) groups is 2. The highest BCUT2D eigenvalue weighted by Crippen LogP contribution is 2.31. The van der Waals surface area contributed by atoms with Crippen LogP contribution in [0.4, 0.5) is 0 Å². The second kappa shape index (κ2) is 10.7. The maximum Gasteiger partial charge on any atom is 0.261 e. The molecule has 3 aromatic rings. The number of hydrogen-bond donors (Lipinski definition) is 2. The fourth-order valence-electron chi connectivity index (χ4n) is 3.76. The molecule has 1 fully saturated rings. The van der Waals surface area contributed by atoms with Crippen molar-refractivity contribution in [3.05, 3.63) is 66.1 Å². The monoisotopic (exact) mass is 450 g/mol. The zero-order valence-corrected chi connectivity index (χ0v) is 18.1. The highest BCUT2D eigenvalue weighted by molar-refractivity contribution is 5.94. The zero-order valence-electron chi connectivity index (χ0n) is 18.1. The molecule has 9 nitrogen and oxygen atoms in total. The number of likely N-dealkylation sites (tertiary alicyclic amines) is 1. The Morgan fingerprint density at radius 2 is 1.91 bits per heavy atom. The average Bonchev–Trinajstić information content (AvgIpc) is 3.37. The van der Waals surface area contributed by atoms with Crippen molar-refractivity contribution in [1.82, 2.24) is 20.4 Å². The first-order valence-corrected chi connectivity index (χ1v) is 11.0. The van der Waals surface area contributed by atoms with Crippen LogP contribution in [0, 0.1) is 0 Å². The second-order valence-electron chi connectivity index (χ2n) is 7.71. The van der Waals surface area contributed by atoms with Crippen LogP contribution in [0.2, 0.25) is 0 Å². The van der Waals surface area contributed by atoms with Crippen molar-refractivity contribution in [2.75, 3.05) is 26.3 Å². The number of para-hydroxylation sites is 1. The number of rotatable bonds is 8. The van der Waals surface area contributed by atoms with Gasteiger partial charge in [-0.3, -0.25) is 9.59 Å². The lowest BCUT2D eigenvalue weighted by atomic mass is 10.0. The maximum atomic E-state index is 12.9. The molecule has 1 aliphatic heterocycles. The Kier molecular flexibility index (Phi) is 7.31. The number of nitrogens with one attached hydrogen (secondary N) is 1. The van der Waals surface area contributed by atoms with Crippen molar-refractivity contribution in [2.24, 2.45) is 0 Å². The van der Waals surface area contributed by atoms with Crippen LogP contribution < -0.4 is 10.1 Å². The summed E-state index contributed by atoms with van der Waals surface area (Å²) in [6, 6.07) is 15.7. The number of nitrogens with zero attached hydrogens (tertiary/aromatic N) is 3. The molecule has 2 aromatic carbocycles. The Morgan fingerprint density at radius 1 is 1.12 bits per heavy atom. The second-order valence-corrected chi connectivity index (χ2v) is 7.71. The van der Waals surface area contributed by atoms with Gasteiger partial charge in [-0.05, 0) is 43.5 Å². The van der Waals surface area contributed by atoms with E-state index in [-0.39, 0.29) is 37.6 Å². The van der Waals surface area contributed by atoms with Gasteiger partial charge in [-0.15, -0.1) is 0 Å². The summed E-state index contributed by atoms with van der Waals surface area (Å²) >= 11 is 0. The minimum atomic E-state index is -0.296. The molecule has 0 aliphatic carbocycles. The Bertz CT molecular complexity index is 1070. The van der Waals surface area contributed by atoms with E-state index in [1.54, 1.807) is 29.2 Å². The number of amides is 2. The minimum absolute atomic E-state index is 0.0543. The molecule has 33 heavy (non-hydrogen) atoms. The number of ether oxygens (including phenoxy) is 1. The summed E-state index contributed by atoms with van der Waals surface area (Å²) in [4.78, 5) is 31.1. The fourth-order valence-corrected chi connectivity index (χ4v) is 3.76. The summed E-state index contributed by atoms with van der Waals surface area (Å²) in [6.45, 7) is 0.634. The summed E-state index contributed by atoms with van der Waals surface area (Å²) in [5.41, 5.74) is 1.17. The lowest BCUT2D eigenvalue weighted by Gasteiger charge is -2.33. The smallest absolute Gasteiger partial charge is 0.261 e. The molecule has 4 rings (SSSR count). The van der Waals surface area contributed by atoms with Crippen molar-refractivity contribution < 1.29 is 24.0 Å². The first kappa shape index (κ1) is 22.5. The predicted octanol–water partition coefficient (Wildman–Crippen LogP) is 2.59. The average molecular weight is 450 g/mol. The van der Waals surface area contributed by atoms with Crippen LogP contribution in [0.5, 0.6) is 5.75 Å². The minimum Gasteiger partial charge on any atom is -0.484 e. The molecule has 0 saturated carbocycles. The lowest BCUT2D eigenvalue weighted by molar-refractivity contribution is -0.138. The molecule has 2 heterocycles. The van der Waals surface area contributed by atoms with E-state index < -0.39 is 0 Å². The van der Waals surface area contributed by atoms with Crippen molar-refractivity contribution in [3.8, 4) is 17.1 Å². The van der Waals surface area contributed by atoms with Crippen molar-refractivity contribution >= 4 is 11.8 Å². The van der Waals surface area contributed by atoms with Gasteiger partial charge in [0.25, 0.3) is 11.8 Å². The highest BCUT2D eigenvalue weighted by atomic mass is 16.5. The summed E-state index contributed by atoms with van der Waals surface area (Å²) < 4.78 is 11.2. The van der Waals surface area contributed by atoms with E-state index in [1.165, 1.54) is 0 Å².